The van der Waals surface area contributed by atoms with Crippen LogP contribution in [-0.2, 0) is 0 Å². The summed E-state index contributed by atoms with van der Waals surface area (Å²) in [5.74, 6) is 0.658. The molecule has 0 radical (unpaired) electrons. The lowest BCUT2D eigenvalue weighted by Crippen LogP contribution is -2.22. The number of nitrogens with two attached hydrogens (primary N) is 1. The van der Waals surface area contributed by atoms with E-state index in [4.69, 9.17) is 5.73 Å². The summed E-state index contributed by atoms with van der Waals surface area (Å²) in [5.41, 5.74) is 5.58. The van der Waals surface area contributed by atoms with Crippen LogP contribution in [0.3, 0.4) is 0 Å². The Labute approximate surface area is 83.4 Å². The SMILES string of the molecule is CCC(C)C(C)Nc1ncc(N)s1. The fourth-order valence-corrected chi connectivity index (χ4v) is 1.72. The second-order valence-corrected chi connectivity index (χ2v) is 4.45. The van der Waals surface area contributed by atoms with Gasteiger partial charge in [0.2, 0.25) is 0 Å². The van der Waals surface area contributed by atoms with Gasteiger partial charge in [-0.1, -0.05) is 31.6 Å². The maximum Gasteiger partial charge on any atom is 0.184 e. The Kier molecular flexibility index (Phi) is 3.54. The third kappa shape index (κ3) is 2.88. The maximum atomic E-state index is 5.58. The normalized spacial score (nSPS) is 15.3. The third-order valence-corrected chi connectivity index (χ3v) is 3.13. The maximum absolute atomic E-state index is 5.58. The lowest BCUT2D eigenvalue weighted by molar-refractivity contribution is 0.494. The first-order chi connectivity index (χ1) is 6.13. The Morgan fingerprint density at radius 1 is 1.62 bits per heavy atom. The van der Waals surface area contributed by atoms with E-state index in [0.29, 0.717) is 12.0 Å². The molecule has 74 valence electrons. The molecule has 2 atom stereocenters. The minimum absolute atomic E-state index is 0.454. The van der Waals surface area contributed by atoms with Gasteiger partial charge in [0.15, 0.2) is 5.13 Å². The molecule has 3 N–H and O–H groups in total. The zero-order valence-electron chi connectivity index (χ0n) is 8.37. The van der Waals surface area contributed by atoms with Gasteiger partial charge >= 0.3 is 0 Å². The first kappa shape index (κ1) is 10.3. The molecular formula is C9H17N3S. The van der Waals surface area contributed by atoms with E-state index in [9.17, 15) is 0 Å². The lowest BCUT2D eigenvalue weighted by Gasteiger charge is -2.18. The van der Waals surface area contributed by atoms with Crippen molar-refractivity contribution in [2.75, 3.05) is 11.1 Å². The van der Waals surface area contributed by atoms with Crippen molar-refractivity contribution in [1.29, 1.82) is 0 Å². The molecule has 1 aromatic heterocycles. The Bertz CT molecular complexity index is 259. The average molecular weight is 199 g/mol. The van der Waals surface area contributed by atoms with E-state index in [-0.39, 0.29) is 0 Å². The minimum atomic E-state index is 0.454. The zero-order valence-corrected chi connectivity index (χ0v) is 9.19. The smallest absolute Gasteiger partial charge is 0.184 e. The van der Waals surface area contributed by atoms with Crippen LogP contribution in [0.1, 0.15) is 27.2 Å². The highest BCUT2D eigenvalue weighted by Crippen LogP contribution is 2.22. The van der Waals surface area contributed by atoms with Crippen molar-refractivity contribution in [2.45, 2.75) is 33.2 Å². The molecule has 0 bridgehead atoms. The van der Waals surface area contributed by atoms with Crippen molar-refractivity contribution in [3.63, 3.8) is 0 Å². The molecule has 0 saturated carbocycles. The van der Waals surface area contributed by atoms with Crippen LogP contribution in [0, 0.1) is 5.92 Å². The van der Waals surface area contributed by atoms with Crippen LogP contribution in [0.4, 0.5) is 10.1 Å². The highest BCUT2D eigenvalue weighted by Gasteiger charge is 2.10. The summed E-state index contributed by atoms with van der Waals surface area (Å²) in [5, 5.41) is 5.03. The van der Waals surface area contributed by atoms with E-state index in [1.54, 1.807) is 6.20 Å². The zero-order chi connectivity index (χ0) is 9.84. The summed E-state index contributed by atoms with van der Waals surface area (Å²) < 4.78 is 0. The van der Waals surface area contributed by atoms with Crippen molar-refractivity contribution in [3.05, 3.63) is 6.20 Å². The molecule has 0 fully saturated rings. The van der Waals surface area contributed by atoms with Crippen LogP contribution in [-0.4, -0.2) is 11.0 Å². The van der Waals surface area contributed by atoms with E-state index in [1.807, 2.05) is 0 Å². The van der Waals surface area contributed by atoms with Gasteiger partial charge in [-0.3, -0.25) is 0 Å². The molecule has 0 saturated heterocycles. The summed E-state index contributed by atoms with van der Waals surface area (Å²) in [7, 11) is 0. The number of nitrogens with zero attached hydrogens (tertiary/aromatic N) is 1. The number of nitrogens with one attached hydrogen (secondary N) is 1. The van der Waals surface area contributed by atoms with Gasteiger partial charge in [-0.15, -0.1) is 0 Å². The van der Waals surface area contributed by atoms with E-state index in [2.05, 4.69) is 31.1 Å². The highest BCUT2D eigenvalue weighted by atomic mass is 32.1. The van der Waals surface area contributed by atoms with E-state index < -0.39 is 0 Å². The predicted molar refractivity (Wildman–Crippen MR) is 59.1 cm³/mol. The third-order valence-electron chi connectivity index (χ3n) is 2.37. The quantitative estimate of drug-likeness (QED) is 0.783. The Morgan fingerprint density at radius 2 is 2.31 bits per heavy atom. The average Bonchev–Trinajstić information content (AvgIpc) is 2.49. The van der Waals surface area contributed by atoms with Crippen molar-refractivity contribution < 1.29 is 0 Å². The second-order valence-electron chi connectivity index (χ2n) is 3.39. The molecule has 1 aromatic rings. The van der Waals surface area contributed by atoms with Gasteiger partial charge in [0, 0.05) is 6.04 Å². The number of rotatable bonds is 4. The summed E-state index contributed by atoms with van der Waals surface area (Å²) in [6, 6.07) is 0.454. The topological polar surface area (TPSA) is 50.9 Å². The first-order valence-electron chi connectivity index (χ1n) is 4.61. The fraction of sp³-hybridized carbons (Fsp3) is 0.667. The van der Waals surface area contributed by atoms with Crippen LogP contribution >= 0.6 is 11.3 Å². The Morgan fingerprint density at radius 3 is 2.77 bits per heavy atom. The van der Waals surface area contributed by atoms with Gasteiger partial charge < -0.3 is 11.1 Å². The van der Waals surface area contributed by atoms with Crippen LogP contribution in [0.25, 0.3) is 0 Å². The van der Waals surface area contributed by atoms with Gasteiger partial charge in [-0.2, -0.15) is 0 Å². The van der Waals surface area contributed by atoms with E-state index in [1.165, 1.54) is 17.8 Å². The van der Waals surface area contributed by atoms with Gasteiger partial charge in [-0.25, -0.2) is 4.98 Å². The molecule has 1 rings (SSSR count). The summed E-state index contributed by atoms with van der Waals surface area (Å²) in [4.78, 5) is 4.15. The molecule has 0 aromatic carbocycles. The molecule has 1 heterocycles. The largest absolute Gasteiger partial charge is 0.389 e. The van der Waals surface area contributed by atoms with Gasteiger partial charge in [0.25, 0.3) is 0 Å². The van der Waals surface area contributed by atoms with E-state index in [0.717, 1.165) is 10.1 Å². The molecule has 0 amide bonds. The van der Waals surface area contributed by atoms with Crippen LogP contribution in [0.15, 0.2) is 6.20 Å². The summed E-state index contributed by atoms with van der Waals surface area (Å²) >= 11 is 1.50. The molecule has 3 nitrogen and oxygen atoms in total. The van der Waals surface area contributed by atoms with E-state index >= 15 is 0 Å². The standard InChI is InChI=1S/C9H17N3S/c1-4-6(2)7(3)12-9-11-5-8(10)13-9/h5-7H,4,10H2,1-3H3,(H,11,12). The molecule has 0 aliphatic carbocycles. The molecule has 13 heavy (non-hydrogen) atoms. The molecule has 2 unspecified atom stereocenters. The molecular weight excluding hydrogens is 182 g/mol. The highest BCUT2D eigenvalue weighted by molar-refractivity contribution is 7.19. The van der Waals surface area contributed by atoms with Crippen LogP contribution in [0.5, 0.6) is 0 Å². The Hall–Kier alpha value is -0.770. The lowest BCUT2D eigenvalue weighted by atomic mass is 10.0. The van der Waals surface area contributed by atoms with Gasteiger partial charge in [0.1, 0.15) is 5.00 Å². The number of nitrogen functional groups attached to an aromatic ring is 1. The monoisotopic (exact) mass is 199 g/mol. The number of thiazole rings is 1. The van der Waals surface area contributed by atoms with Crippen molar-refractivity contribution in [2.24, 2.45) is 5.92 Å². The van der Waals surface area contributed by atoms with Gasteiger partial charge in [-0.05, 0) is 12.8 Å². The molecule has 4 heteroatoms. The number of aromatic nitrogens is 1. The van der Waals surface area contributed by atoms with Crippen molar-refractivity contribution in [1.82, 2.24) is 4.98 Å². The van der Waals surface area contributed by atoms with Crippen molar-refractivity contribution in [3.8, 4) is 0 Å². The predicted octanol–water partition coefficient (Wildman–Crippen LogP) is 2.57. The van der Waals surface area contributed by atoms with Crippen molar-refractivity contribution >= 4 is 21.5 Å². The number of hydrogen-bond acceptors (Lipinski definition) is 4. The van der Waals surface area contributed by atoms with Crippen LogP contribution < -0.4 is 11.1 Å². The fourth-order valence-electron chi connectivity index (χ4n) is 1.04. The second kappa shape index (κ2) is 4.46. The molecule has 0 spiro atoms. The number of anilines is 2. The summed E-state index contributed by atoms with van der Waals surface area (Å²) in [6.45, 7) is 6.60. The number of hydrogen-bond donors (Lipinski definition) is 2. The molecule has 0 aliphatic rings. The Balaban J connectivity index is 2.49. The minimum Gasteiger partial charge on any atom is -0.389 e. The van der Waals surface area contributed by atoms with Crippen LogP contribution in [0.2, 0.25) is 0 Å². The van der Waals surface area contributed by atoms with Gasteiger partial charge in [0.05, 0.1) is 6.20 Å². The molecule has 0 aliphatic heterocycles. The summed E-state index contributed by atoms with van der Waals surface area (Å²) in [6.07, 6.45) is 2.87. The first-order valence-corrected chi connectivity index (χ1v) is 5.43.